The summed E-state index contributed by atoms with van der Waals surface area (Å²) in [6.45, 7) is -3.19. The SMILES string of the molecule is O=C(O)C1CCC(COOCC2CCCCC2)CC1C(=O)NC1CCC(OCC(CO)(C(F)(F)F)C(F)(F)F)CC1. The standard InChI is InChI=1S/C27H41F6NO7/c28-26(29,30)25(15-35,27(31,32)33)16-39-20-9-7-19(8-10-20)34-23(36)22-12-18(6-11-21(22)24(37)38)14-41-40-13-17-4-2-1-3-5-17/h17-22,35H,1-16H2,(H,34,36)(H,37,38). The summed E-state index contributed by atoms with van der Waals surface area (Å²) < 4.78 is 84.3. The lowest BCUT2D eigenvalue weighted by molar-refractivity contribution is -0.362. The first kappa shape index (κ1) is 33.9. The molecule has 3 unspecified atom stereocenters. The number of carboxylic acid groups (broad SMARTS) is 1. The number of ether oxygens (including phenoxy) is 1. The Kier molecular flexibility index (Phi) is 12.1. The first-order valence-electron chi connectivity index (χ1n) is 14.4. The molecule has 0 aromatic carbocycles. The van der Waals surface area contributed by atoms with Crippen LogP contribution in [0.4, 0.5) is 26.3 Å². The number of hydrogen-bond donors (Lipinski definition) is 3. The molecular formula is C27H41F6NO7. The zero-order valence-electron chi connectivity index (χ0n) is 23.0. The van der Waals surface area contributed by atoms with Crippen LogP contribution < -0.4 is 5.32 Å². The zero-order chi connectivity index (χ0) is 30.3. The lowest BCUT2D eigenvalue weighted by atomic mass is 9.73. The number of carbonyl (C=O) groups is 2. The molecule has 14 heteroatoms. The highest BCUT2D eigenvalue weighted by molar-refractivity contribution is 5.85. The average Bonchev–Trinajstić information content (AvgIpc) is 2.91. The first-order valence-corrected chi connectivity index (χ1v) is 14.4. The van der Waals surface area contributed by atoms with Crippen molar-refractivity contribution in [2.45, 2.75) is 102 Å². The highest BCUT2D eigenvalue weighted by Gasteiger charge is 2.71. The van der Waals surface area contributed by atoms with Crippen LogP contribution >= 0.6 is 0 Å². The van der Waals surface area contributed by atoms with Crippen molar-refractivity contribution in [3.63, 3.8) is 0 Å². The van der Waals surface area contributed by atoms with Gasteiger partial charge in [0.15, 0.2) is 0 Å². The monoisotopic (exact) mass is 605 g/mol. The van der Waals surface area contributed by atoms with Gasteiger partial charge in [-0.1, -0.05) is 19.3 Å². The Morgan fingerprint density at radius 3 is 1.88 bits per heavy atom. The lowest BCUT2D eigenvalue weighted by Crippen LogP contribution is -2.56. The third kappa shape index (κ3) is 8.93. The van der Waals surface area contributed by atoms with Crippen molar-refractivity contribution in [1.82, 2.24) is 5.32 Å². The van der Waals surface area contributed by atoms with Crippen molar-refractivity contribution in [2.75, 3.05) is 26.4 Å². The van der Waals surface area contributed by atoms with Crippen molar-refractivity contribution in [3.8, 4) is 0 Å². The predicted octanol–water partition coefficient (Wildman–Crippen LogP) is 5.18. The Morgan fingerprint density at radius 2 is 1.34 bits per heavy atom. The number of hydrogen-bond acceptors (Lipinski definition) is 6. The van der Waals surface area contributed by atoms with E-state index in [1.54, 1.807) is 0 Å². The van der Waals surface area contributed by atoms with E-state index >= 15 is 0 Å². The van der Waals surface area contributed by atoms with Gasteiger partial charge >= 0.3 is 18.3 Å². The number of carboxylic acids is 1. The number of carbonyl (C=O) groups excluding carboxylic acids is 1. The van der Waals surface area contributed by atoms with Gasteiger partial charge in [0.2, 0.25) is 11.3 Å². The number of rotatable bonds is 12. The summed E-state index contributed by atoms with van der Waals surface area (Å²) in [7, 11) is 0. The fourth-order valence-electron chi connectivity index (χ4n) is 6.13. The van der Waals surface area contributed by atoms with E-state index in [-0.39, 0.29) is 38.2 Å². The third-order valence-corrected chi connectivity index (χ3v) is 8.97. The van der Waals surface area contributed by atoms with E-state index in [0.717, 1.165) is 12.8 Å². The maximum atomic E-state index is 13.2. The minimum atomic E-state index is -5.75. The van der Waals surface area contributed by atoms with Crippen LogP contribution in [0.5, 0.6) is 0 Å². The van der Waals surface area contributed by atoms with E-state index in [2.05, 4.69) is 5.32 Å². The summed E-state index contributed by atoms with van der Waals surface area (Å²) in [5, 5.41) is 21.5. The Morgan fingerprint density at radius 1 is 0.756 bits per heavy atom. The largest absolute Gasteiger partial charge is 0.481 e. The maximum Gasteiger partial charge on any atom is 0.407 e. The van der Waals surface area contributed by atoms with Gasteiger partial charge in [0.1, 0.15) is 0 Å². The summed E-state index contributed by atoms with van der Waals surface area (Å²) in [5.41, 5.74) is -4.38. The smallest absolute Gasteiger partial charge is 0.407 e. The van der Waals surface area contributed by atoms with E-state index in [1.807, 2.05) is 0 Å². The minimum Gasteiger partial charge on any atom is -0.481 e. The number of alkyl halides is 6. The molecule has 3 aliphatic rings. The molecule has 8 nitrogen and oxygen atoms in total. The molecule has 41 heavy (non-hydrogen) atoms. The van der Waals surface area contributed by atoms with E-state index in [4.69, 9.17) is 19.6 Å². The van der Waals surface area contributed by atoms with E-state index in [9.17, 15) is 41.0 Å². The van der Waals surface area contributed by atoms with Gasteiger partial charge in [-0.25, -0.2) is 9.78 Å². The number of nitrogens with one attached hydrogen (secondary N) is 1. The molecule has 0 spiro atoms. The molecule has 0 radical (unpaired) electrons. The summed E-state index contributed by atoms with van der Waals surface area (Å²) in [6.07, 6.45) is -4.75. The molecule has 3 saturated carbocycles. The molecule has 0 heterocycles. The Hall–Kier alpha value is -1.64. The first-order chi connectivity index (χ1) is 19.3. The van der Waals surface area contributed by atoms with Gasteiger partial charge < -0.3 is 20.3 Å². The fraction of sp³-hybridized carbons (Fsp3) is 0.926. The number of aliphatic hydroxyl groups excluding tert-OH is 1. The molecule has 0 aliphatic heterocycles. The molecule has 3 atom stereocenters. The van der Waals surface area contributed by atoms with Crippen molar-refractivity contribution in [1.29, 1.82) is 0 Å². The molecule has 3 N–H and O–H groups in total. The second kappa shape index (κ2) is 14.7. The van der Waals surface area contributed by atoms with Gasteiger partial charge in [-0.15, -0.1) is 0 Å². The van der Waals surface area contributed by atoms with Crippen molar-refractivity contribution in [3.05, 3.63) is 0 Å². The molecule has 0 saturated heterocycles. The average molecular weight is 606 g/mol. The van der Waals surface area contributed by atoms with Crippen molar-refractivity contribution >= 4 is 11.9 Å². The number of aliphatic carboxylic acids is 1. The Labute approximate surface area is 235 Å². The molecule has 238 valence electrons. The minimum absolute atomic E-state index is 0.0640. The highest BCUT2D eigenvalue weighted by Crippen LogP contribution is 2.50. The molecule has 1 amide bonds. The highest BCUT2D eigenvalue weighted by atomic mass is 19.4. The molecule has 0 aromatic heterocycles. The van der Waals surface area contributed by atoms with Crippen LogP contribution in [0.2, 0.25) is 0 Å². The lowest BCUT2D eigenvalue weighted by Gasteiger charge is -2.38. The van der Waals surface area contributed by atoms with Crippen LogP contribution in [-0.2, 0) is 24.1 Å². The molecule has 3 rings (SSSR count). The summed E-state index contributed by atoms with van der Waals surface area (Å²) in [4.78, 5) is 35.7. The molecular weight excluding hydrogens is 564 g/mol. The number of halogens is 6. The molecule has 3 fully saturated rings. The van der Waals surface area contributed by atoms with Crippen molar-refractivity contribution in [2.24, 2.45) is 29.1 Å². The van der Waals surface area contributed by atoms with Crippen LogP contribution in [0.1, 0.15) is 77.0 Å². The maximum absolute atomic E-state index is 13.2. The predicted molar refractivity (Wildman–Crippen MR) is 132 cm³/mol. The third-order valence-electron chi connectivity index (χ3n) is 8.97. The van der Waals surface area contributed by atoms with E-state index in [0.29, 0.717) is 31.8 Å². The second-order valence-electron chi connectivity index (χ2n) is 11.8. The molecule has 0 aromatic rings. The number of aliphatic hydroxyl groups is 1. The quantitative estimate of drug-likeness (QED) is 0.122. The van der Waals surface area contributed by atoms with E-state index in [1.165, 1.54) is 19.3 Å². The van der Waals surface area contributed by atoms with Crippen molar-refractivity contribution < 1.29 is 60.7 Å². The van der Waals surface area contributed by atoms with Gasteiger partial charge in [-0.3, -0.25) is 9.59 Å². The van der Waals surface area contributed by atoms with Gasteiger partial charge in [0.25, 0.3) is 0 Å². The van der Waals surface area contributed by atoms with Gasteiger partial charge in [0.05, 0.1) is 44.4 Å². The van der Waals surface area contributed by atoms with Crippen LogP contribution in [0, 0.1) is 29.1 Å². The summed E-state index contributed by atoms with van der Waals surface area (Å²) in [6, 6.07) is -0.417. The Balaban J connectivity index is 1.46. The van der Waals surface area contributed by atoms with E-state index < -0.39 is 66.8 Å². The second-order valence-corrected chi connectivity index (χ2v) is 11.8. The van der Waals surface area contributed by atoms with Crippen LogP contribution in [0.3, 0.4) is 0 Å². The zero-order valence-corrected chi connectivity index (χ0v) is 23.0. The summed E-state index contributed by atoms with van der Waals surface area (Å²) >= 11 is 0. The summed E-state index contributed by atoms with van der Waals surface area (Å²) in [5.74, 6) is -2.78. The van der Waals surface area contributed by atoms with Gasteiger partial charge in [-0.2, -0.15) is 26.3 Å². The van der Waals surface area contributed by atoms with Gasteiger partial charge in [-0.05, 0) is 69.6 Å². The number of amides is 1. The normalized spacial score (nSPS) is 28.8. The molecule has 0 bridgehead atoms. The van der Waals surface area contributed by atoms with Gasteiger partial charge in [0, 0.05) is 6.04 Å². The molecule has 3 aliphatic carbocycles. The van der Waals surface area contributed by atoms with Crippen LogP contribution in [0.15, 0.2) is 0 Å². The Bertz CT molecular complexity index is 827. The van der Waals surface area contributed by atoms with Crippen LogP contribution in [-0.4, -0.2) is 73.0 Å². The van der Waals surface area contributed by atoms with Crippen LogP contribution in [0.25, 0.3) is 0 Å². The topological polar surface area (TPSA) is 114 Å². The fourth-order valence-corrected chi connectivity index (χ4v) is 6.13.